The molecule has 0 amide bonds. The van der Waals surface area contributed by atoms with E-state index in [4.69, 9.17) is 12.2 Å². The van der Waals surface area contributed by atoms with Crippen LogP contribution in [0.15, 0.2) is 18.5 Å². The summed E-state index contributed by atoms with van der Waals surface area (Å²) >= 11 is 4.96. The average Bonchev–Trinajstić information content (AvgIpc) is 2.72. The standard InChI is InChI=1S/C11H11F3N4S/c1-18-6-7(5-15-18)8-4-10(19)17-9(16-8)2-3-11(12,13)14/h4-6H,2-3H2,1H3,(H,16,17,19). The zero-order valence-electron chi connectivity index (χ0n) is 10.0. The summed E-state index contributed by atoms with van der Waals surface area (Å²) < 4.78 is 38.4. The van der Waals surface area contributed by atoms with Gasteiger partial charge in [-0.25, -0.2) is 4.98 Å². The number of rotatable bonds is 3. The van der Waals surface area contributed by atoms with Crippen molar-refractivity contribution >= 4 is 12.2 Å². The molecule has 0 fully saturated rings. The molecular formula is C11H11F3N4S. The molecule has 0 aliphatic heterocycles. The molecule has 0 unspecified atom stereocenters. The Morgan fingerprint density at radius 1 is 1.42 bits per heavy atom. The smallest absolute Gasteiger partial charge is 0.343 e. The summed E-state index contributed by atoms with van der Waals surface area (Å²) in [7, 11) is 1.75. The molecule has 4 nitrogen and oxygen atoms in total. The van der Waals surface area contributed by atoms with Gasteiger partial charge in [-0.3, -0.25) is 4.68 Å². The Kier molecular flexibility index (Phi) is 3.70. The maximum Gasteiger partial charge on any atom is 0.389 e. The maximum atomic E-state index is 12.2. The van der Waals surface area contributed by atoms with Crippen LogP contribution in [-0.2, 0) is 13.5 Å². The van der Waals surface area contributed by atoms with Crippen LogP contribution in [0.4, 0.5) is 13.2 Å². The Balaban J connectivity index is 2.27. The molecule has 2 rings (SSSR count). The van der Waals surface area contributed by atoms with Gasteiger partial charge in [0.15, 0.2) is 0 Å². The van der Waals surface area contributed by atoms with Gasteiger partial charge in [0.2, 0.25) is 0 Å². The van der Waals surface area contributed by atoms with E-state index in [1.807, 2.05) is 0 Å². The molecule has 2 aromatic heterocycles. The van der Waals surface area contributed by atoms with Gasteiger partial charge in [-0.05, 0) is 6.07 Å². The summed E-state index contributed by atoms with van der Waals surface area (Å²) in [6, 6.07) is 1.60. The van der Waals surface area contributed by atoms with Crippen molar-refractivity contribution in [3.63, 3.8) is 0 Å². The molecular weight excluding hydrogens is 277 g/mol. The second-order valence-corrected chi connectivity index (χ2v) is 4.52. The van der Waals surface area contributed by atoms with Gasteiger partial charge in [-0.1, -0.05) is 12.2 Å². The van der Waals surface area contributed by atoms with E-state index >= 15 is 0 Å². The number of nitrogens with one attached hydrogen (secondary N) is 1. The Labute approximate surface area is 112 Å². The van der Waals surface area contributed by atoms with Crippen LogP contribution in [0.5, 0.6) is 0 Å². The van der Waals surface area contributed by atoms with Crippen molar-refractivity contribution in [1.82, 2.24) is 19.7 Å². The van der Waals surface area contributed by atoms with Crippen molar-refractivity contribution in [3.05, 3.63) is 28.9 Å². The van der Waals surface area contributed by atoms with Crippen molar-refractivity contribution in [3.8, 4) is 11.3 Å². The highest BCUT2D eigenvalue weighted by Gasteiger charge is 2.27. The quantitative estimate of drug-likeness (QED) is 0.883. The number of nitrogens with zero attached hydrogens (tertiary/aromatic N) is 3. The zero-order chi connectivity index (χ0) is 14.0. The SMILES string of the molecule is Cn1cc(-c2cc(=S)nc(CCC(F)(F)F)[nH]2)cn1. The van der Waals surface area contributed by atoms with Crippen LogP contribution in [0.25, 0.3) is 11.3 Å². The summed E-state index contributed by atoms with van der Waals surface area (Å²) in [5, 5.41) is 4.00. The van der Waals surface area contributed by atoms with Crippen LogP contribution in [-0.4, -0.2) is 25.9 Å². The van der Waals surface area contributed by atoms with Gasteiger partial charge in [0, 0.05) is 25.2 Å². The fourth-order valence-electron chi connectivity index (χ4n) is 1.60. The van der Waals surface area contributed by atoms with Gasteiger partial charge in [0.05, 0.1) is 18.3 Å². The first-order valence-corrected chi connectivity index (χ1v) is 5.90. The lowest BCUT2D eigenvalue weighted by molar-refractivity contribution is -0.134. The number of hydrogen-bond acceptors (Lipinski definition) is 3. The largest absolute Gasteiger partial charge is 0.389 e. The molecule has 2 aromatic rings. The zero-order valence-corrected chi connectivity index (χ0v) is 10.8. The Morgan fingerprint density at radius 3 is 2.74 bits per heavy atom. The van der Waals surface area contributed by atoms with E-state index in [1.165, 1.54) is 0 Å². The van der Waals surface area contributed by atoms with E-state index in [-0.39, 0.29) is 16.9 Å². The molecule has 0 saturated carbocycles. The fraction of sp³-hybridized carbons (Fsp3) is 0.364. The lowest BCUT2D eigenvalue weighted by Crippen LogP contribution is -2.10. The van der Waals surface area contributed by atoms with E-state index in [1.54, 1.807) is 30.2 Å². The topological polar surface area (TPSA) is 46.5 Å². The lowest BCUT2D eigenvalue weighted by atomic mass is 10.2. The van der Waals surface area contributed by atoms with Crippen LogP contribution in [0.1, 0.15) is 12.2 Å². The Morgan fingerprint density at radius 2 is 2.16 bits per heavy atom. The molecule has 1 N–H and O–H groups in total. The van der Waals surface area contributed by atoms with Gasteiger partial charge >= 0.3 is 6.18 Å². The summed E-state index contributed by atoms with van der Waals surface area (Å²) in [5.41, 5.74) is 1.37. The number of H-pyrrole nitrogens is 1. The Hall–Kier alpha value is -1.70. The third-order valence-electron chi connectivity index (χ3n) is 2.45. The Bertz CT molecular complexity index is 629. The normalized spacial score (nSPS) is 11.8. The minimum atomic E-state index is -4.21. The highest BCUT2D eigenvalue weighted by molar-refractivity contribution is 7.71. The number of aromatic nitrogens is 4. The van der Waals surface area contributed by atoms with E-state index < -0.39 is 12.6 Å². The third kappa shape index (κ3) is 3.88. The van der Waals surface area contributed by atoms with E-state index in [0.717, 1.165) is 5.56 Å². The first-order chi connectivity index (χ1) is 8.83. The van der Waals surface area contributed by atoms with Crippen molar-refractivity contribution in [2.24, 2.45) is 7.05 Å². The summed E-state index contributed by atoms with van der Waals surface area (Å²) in [4.78, 5) is 6.76. The molecule has 0 saturated heterocycles. The van der Waals surface area contributed by atoms with E-state index in [2.05, 4.69) is 15.1 Å². The highest BCUT2D eigenvalue weighted by atomic mass is 32.1. The van der Waals surface area contributed by atoms with Crippen LogP contribution in [0.3, 0.4) is 0 Å². The predicted octanol–water partition coefficient (Wildman–Crippen LogP) is 3.03. The molecule has 8 heteroatoms. The molecule has 102 valence electrons. The van der Waals surface area contributed by atoms with Crippen molar-refractivity contribution in [2.45, 2.75) is 19.0 Å². The number of hydrogen-bond donors (Lipinski definition) is 1. The maximum absolute atomic E-state index is 12.2. The number of halogens is 3. The van der Waals surface area contributed by atoms with Crippen LogP contribution in [0, 0.1) is 4.64 Å². The third-order valence-corrected chi connectivity index (χ3v) is 2.66. The van der Waals surface area contributed by atoms with E-state index in [0.29, 0.717) is 5.69 Å². The van der Waals surface area contributed by atoms with Crippen LogP contribution < -0.4 is 0 Å². The molecule has 0 aliphatic rings. The van der Waals surface area contributed by atoms with E-state index in [9.17, 15) is 13.2 Å². The minimum absolute atomic E-state index is 0.221. The van der Waals surface area contributed by atoms with Crippen molar-refractivity contribution in [2.75, 3.05) is 0 Å². The lowest BCUT2D eigenvalue weighted by Gasteiger charge is -2.07. The van der Waals surface area contributed by atoms with Gasteiger partial charge < -0.3 is 4.98 Å². The molecule has 0 aliphatic carbocycles. The molecule has 0 radical (unpaired) electrons. The average molecular weight is 288 g/mol. The number of alkyl halides is 3. The minimum Gasteiger partial charge on any atom is -0.343 e. The second-order valence-electron chi connectivity index (χ2n) is 4.10. The molecule has 2 heterocycles. The van der Waals surface area contributed by atoms with Gasteiger partial charge in [-0.2, -0.15) is 18.3 Å². The molecule has 0 bridgehead atoms. The first kappa shape index (κ1) is 13.7. The highest BCUT2D eigenvalue weighted by Crippen LogP contribution is 2.22. The number of aromatic amines is 1. The summed E-state index contributed by atoms with van der Waals surface area (Å²) in [5.74, 6) is 0.226. The van der Waals surface area contributed by atoms with Gasteiger partial charge in [0.1, 0.15) is 10.5 Å². The second kappa shape index (κ2) is 5.12. The fourth-order valence-corrected chi connectivity index (χ4v) is 1.83. The molecule has 0 spiro atoms. The molecule has 19 heavy (non-hydrogen) atoms. The first-order valence-electron chi connectivity index (χ1n) is 5.49. The summed E-state index contributed by atoms with van der Waals surface area (Å²) in [6.07, 6.45) is -2.01. The number of aryl methyl sites for hydroxylation is 2. The van der Waals surface area contributed by atoms with Crippen molar-refractivity contribution in [1.29, 1.82) is 0 Å². The van der Waals surface area contributed by atoms with Crippen LogP contribution >= 0.6 is 12.2 Å². The van der Waals surface area contributed by atoms with Crippen molar-refractivity contribution < 1.29 is 13.2 Å². The predicted molar refractivity (Wildman–Crippen MR) is 66.0 cm³/mol. The molecule has 0 aromatic carbocycles. The monoisotopic (exact) mass is 288 g/mol. The van der Waals surface area contributed by atoms with Gasteiger partial charge in [-0.15, -0.1) is 0 Å². The summed E-state index contributed by atoms with van der Waals surface area (Å²) in [6.45, 7) is 0. The molecule has 0 atom stereocenters. The van der Waals surface area contributed by atoms with Crippen LogP contribution in [0.2, 0.25) is 0 Å². The van der Waals surface area contributed by atoms with Gasteiger partial charge in [0.25, 0.3) is 0 Å².